The van der Waals surface area contributed by atoms with Gasteiger partial charge in [0.25, 0.3) is 5.91 Å². The summed E-state index contributed by atoms with van der Waals surface area (Å²) in [6.45, 7) is 4.16. The number of halogens is 6. The number of methoxy groups -OCH3 is 1. The zero-order chi connectivity index (χ0) is 31.8. The van der Waals surface area contributed by atoms with Gasteiger partial charge in [-0.15, -0.1) is 0 Å². The number of benzene rings is 2. The molecule has 1 saturated heterocycles. The first-order chi connectivity index (χ1) is 20.1. The Balaban J connectivity index is 1.82. The highest BCUT2D eigenvalue weighted by molar-refractivity contribution is 6.35. The van der Waals surface area contributed by atoms with Gasteiger partial charge in [-0.25, -0.2) is 4.39 Å². The number of piperazine rings is 1. The lowest BCUT2D eigenvalue weighted by Gasteiger charge is -2.45. The Morgan fingerprint density at radius 2 is 1.77 bits per heavy atom. The van der Waals surface area contributed by atoms with Gasteiger partial charge in [0, 0.05) is 48.0 Å². The van der Waals surface area contributed by atoms with E-state index in [9.17, 15) is 27.6 Å². The Morgan fingerprint density at radius 3 is 2.33 bits per heavy atom. The number of amides is 1. The van der Waals surface area contributed by atoms with E-state index in [4.69, 9.17) is 27.9 Å². The second kappa shape index (κ2) is 12.7. The molecule has 2 heterocycles. The fourth-order valence-electron chi connectivity index (χ4n) is 5.50. The topological polar surface area (TPSA) is 83.9 Å². The van der Waals surface area contributed by atoms with E-state index < -0.39 is 40.8 Å². The molecule has 0 spiro atoms. The zero-order valence-electron chi connectivity index (χ0n) is 23.8. The highest BCUT2D eigenvalue weighted by Crippen LogP contribution is 2.40. The van der Waals surface area contributed by atoms with Gasteiger partial charge in [-0.1, -0.05) is 29.3 Å². The normalized spacial score (nSPS) is 17.8. The minimum absolute atomic E-state index is 0.0334. The molecule has 1 aliphatic rings. The van der Waals surface area contributed by atoms with Crippen LogP contribution in [0.1, 0.15) is 36.7 Å². The molecule has 1 aromatic heterocycles. The van der Waals surface area contributed by atoms with Gasteiger partial charge in [0.1, 0.15) is 23.6 Å². The Labute approximate surface area is 255 Å². The van der Waals surface area contributed by atoms with Crippen molar-refractivity contribution in [2.45, 2.75) is 52.1 Å². The molecule has 2 atom stereocenters. The molecule has 0 saturated carbocycles. The molecule has 1 fully saturated rings. The number of carbonyl (C=O) groups excluding carboxylic acids is 2. The van der Waals surface area contributed by atoms with Crippen LogP contribution >= 0.6 is 23.2 Å². The molecule has 43 heavy (non-hydrogen) atoms. The minimum Gasteiger partial charge on any atom is -0.492 e. The van der Waals surface area contributed by atoms with Crippen LogP contribution in [0.5, 0.6) is 5.75 Å². The third kappa shape index (κ3) is 7.08. The molecule has 232 valence electrons. The molecule has 1 amide bonds. The van der Waals surface area contributed by atoms with E-state index in [1.807, 2.05) is 18.7 Å². The van der Waals surface area contributed by atoms with Crippen molar-refractivity contribution in [3.05, 3.63) is 67.7 Å². The molecule has 0 bridgehead atoms. The molecule has 14 heteroatoms. The van der Waals surface area contributed by atoms with Crippen LogP contribution in [0.3, 0.4) is 0 Å². The van der Waals surface area contributed by atoms with Gasteiger partial charge < -0.3 is 19.5 Å². The van der Waals surface area contributed by atoms with E-state index in [0.29, 0.717) is 15.2 Å². The number of rotatable bonds is 8. The third-order valence-corrected chi connectivity index (χ3v) is 7.91. The first kappa shape index (κ1) is 32.6. The van der Waals surface area contributed by atoms with E-state index in [0.717, 1.165) is 12.3 Å². The number of alkyl halides is 3. The summed E-state index contributed by atoms with van der Waals surface area (Å²) in [5, 5.41) is 2.64. The first-order valence-electron chi connectivity index (χ1n) is 13.3. The number of anilines is 1. The van der Waals surface area contributed by atoms with Gasteiger partial charge in [-0.2, -0.15) is 13.2 Å². The maximum atomic E-state index is 15.9. The molecule has 4 rings (SSSR count). The zero-order valence-corrected chi connectivity index (χ0v) is 25.3. The van der Waals surface area contributed by atoms with Crippen LogP contribution in [0, 0.1) is 5.82 Å². The number of aromatic nitrogens is 1. The number of ketones is 1. The monoisotopic (exact) mass is 644 g/mol. The number of ether oxygens (including phenoxy) is 1. The molecule has 0 unspecified atom stereocenters. The van der Waals surface area contributed by atoms with E-state index in [1.165, 1.54) is 20.1 Å². The second-order valence-electron chi connectivity index (χ2n) is 10.6. The third-order valence-electron chi connectivity index (χ3n) is 7.32. The van der Waals surface area contributed by atoms with Crippen molar-refractivity contribution in [3.8, 4) is 5.75 Å². The van der Waals surface area contributed by atoms with Crippen molar-refractivity contribution in [1.29, 1.82) is 0 Å². The number of hydrogen-bond donors (Lipinski definition) is 1. The van der Waals surface area contributed by atoms with Crippen LogP contribution in [0.4, 0.5) is 23.2 Å². The number of carbonyl (C=O) groups is 2. The van der Waals surface area contributed by atoms with Crippen LogP contribution < -0.4 is 20.4 Å². The number of nitrogens with zero attached hydrogens (tertiary/aromatic N) is 3. The molecule has 0 aliphatic carbocycles. The second-order valence-corrected chi connectivity index (χ2v) is 11.5. The lowest BCUT2D eigenvalue weighted by Crippen LogP contribution is -2.58. The number of hydrogen-bond acceptors (Lipinski definition) is 6. The predicted octanol–water partition coefficient (Wildman–Crippen LogP) is 5.44. The molecular weight excluding hydrogens is 615 g/mol. The van der Waals surface area contributed by atoms with Gasteiger partial charge in [0.2, 0.25) is 5.43 Å². The smallest absolute Gasteiger partial charge is 0.406 e. The molecule has 1 aliphatic heterocycles. The van der Waals surface area contributed by atoms with Gasteiger partial charge in [-0.3, -0.25) is 19.3 Å². The minimum atomic E-state index is -4.76. The average molecular weight is 645 g/mol. The Kier molecular flexibility index (Phi) is 9.63. The first-order valence-corrected chi connectivity index (χ1v) is 14.1. The van der Waals surface area contributed by atoms with Crippen LogP contribution in [0.15, 0.2) is 35.3 Å². The Morgan fingerprint density at radius 1 is 1.12 bits per heavy atom. The summed E-state index contributed by atoms with van der Waals surface area (Å²) < 4.78 is 63.4. The van der Waals surface area contributed by atoms with E-state index in [1.54, 1.807) is 17.0 Å². The van der Waals surface area contributed by atoms with Crippen molar-refractivity contribution in [1.82, 2.24) is 14.8 Å². The summed E-state index contributed by atoms with van der Waals surface area (Å²) in [6, 6.07) is 4.98. The highest BCUT2D eigenvalue weighted by atomic mass is 35.5. The summed E-state index contributed by atoms with van der Waals surface area (Å²) in [5.41, 5.74) is -1.54. The SMILES string of the molecule is COc1c(N2C[C@@H](C)N(CC(C)=O)[C@@H](C)C2)c(F)cc2c(=O)c(C(=O)NCc3ccc(Cl)cc3Cl)cn(CC(F)(F)F)c12. The van der Waals surface area contributed by atoms with Crippen LogP contribution in [0.25, 0.3) is 10.9 Å². The molecule has 2 aromatic carbocycles. The van der Waals surface area contributed by atoms with Crippen LogP contribution in [0.2, 0.25) is 10.0 Å². The van der Waals surface area contributed by atoms with Gasteiger partial charge >= 0.3 is 6.18 Å². The fourth-order valence-corrected chi connectivity index (χ4v) is 5.98. The number of Topliss-reactive ketones (excluding diaryl/α,β-unsaturated/α-hetero) is 1. The molecule has 8 nitrogen and oxygen atoms in total. The maximum Gasteiger partial charge on any atom is 0.406 e. The summed E-state index contributed by atoms with van der Waals surface area (Å²) >= 11 is 12.0. The van der Waals surface area contributed by atoms with Crippen molar-refractivity contribution in [2.75, 3.05) is 31.6 Å². The summed E-state index contributed by atoms with van der Waals surface area (Å²) in [4.78, 5) is 41.9. The van der Waals surface area contributed by atoms with Crippen molar-refractivity contribution in [3.63, 3.8) is 0 Å². The van der Waals surface area contributed by atoms with Gasteiger partial charge in [0.15, 0.2) is 11.6 Å². The lowest BCUT2D eigenvalue weighted by atomic mass is 10.0. The van der Waals surface area contributed by atoms with Crippen LogP contribution in [-0.4, -0.2) is 66.2 Å². The standard InChI is InChI=1S/C29H30Cl2F4N4O4/c1-15-10-37(11-16(2)39(15)12-17(3)40)25-23(32)8-20-24(27(25)43-4)38(14-29(33,34)35)13-21(26(20)41)28(42)36-9-18-5-6-19(30)7-22(18)31/h5-8,13,15-16H,9-12,14H2,1-4H3,(H,36,42)/t15-,16+. The number of nitrogens with one attached hydrogen (secondary N) is 1. The predicted molar refractivity (Wildman–Crippen MR) is 157 cm³/mol. The Hall–Kier alpha value is -3.35. The summed E-state index contributed by atoms with van der Waals surface area (Å²) in [5.74, 6) is -2.17. The van der Waals surface area contributed by atoms with Crippen molar-refractivity contribution < 1.29 is 31.9 Å². The number of pyridine rings is 1. The lowest BCUT2D eigenvalue weighted by molar-refractivity contribution is -0.140. The Bertz CT molecular complexity index is 1620. The van der Waals surface area contributed by atoms with E-state index in [-0.39, 0.29) is 66.0 Å². The van der Waals surface area contributed by atoms with Crippen LogP contribution in [-0.2, 0) is 17.9 Å². The van der Waals surface area contributed by atoms with E-state index in [2.05, 4.69) is 5.32 Å². The number of fused-ring (bicyclic) bond motifs is 1. The summed E-state index contributed by atoms with van der Waals surface area (Å²) in [7, 11) is 1.18. The van der Waals surface area contributed by atoms with Gasteiger partial charge in [-0.05, 0) is 44.5 Å². The fraction of sp³-hybridized carbons (Fsp3) is 0.414. The average Bonchev–Trinajstić information content (AvgIpc) is 2.90. The molecular formula is C29H30Cl2F4N4O4. The maximum absolute atomic E-state index is 15.9. The van der Waals surface area contributed by atoms with E-state index >= 15 is 4.39 Å². The van der Waals surface area contributed by atoms with Crippen molar-refractivity contribution >= 4 is 51.5 Å². The quantitative estimate of drug-likeness (QED) is 0.329. The van der Waals surface area contributed by atoms with Gasteiger partial charge in [0.05, 0.1) is 24.6 Å². The molecule has 1 N–H and O–H groups in total. The van der Waals surface area contributed by atoms with Crippen molar-refractivity contribution in [2.24, 2.45) is 0 Å². The highest BCUT2D eigenvalue weighted by Gasteiger charge is 2.35. The molecule has 0 radical (unpaired) electrons. The largest absolute Gasteiger partial charge is 0.492 e. The summed E-state index contributed by atoms with van der Waals surface area (Å²) in [6.07, 6.45) is -3.95. The molecule has 3 aromatic rings.